The second-order valence-electron chi connectivity index (χ2n) is 3.99. The first-order valence-corrected chi connectivity index (χ1v) is 5.39. The van der Waals surface area contributed by atoms with E-state index in [2.05, 4.69) is 10.1 Å². The van der Waals surface area contributed by atoms with Crippen LogP contribution in [0, 0.1) is 0 Å². The maximum atomic E-state index is 11.9. The van der Waals surface area contributed by atoms with Crippen LogP contribution in [0.4, 0.5) is 0 Å². The molecular weight excluding hydrogens is 234 g/mol. The fourth-order valence-electron chi connectivity index (χ4n) is 1.38. The summed E-state index contributed by atoms with van der Waals surface area (Å²) >= 11 is 0. The summed E-state index contributed by atoms with van der Waals surface area (Å²) < 4.78 is 4.54. The zero-order chi connectivity index (χ0) is 13.8. The van der Waals surface area contributed by atoms with Gasteiger partial charge >= 0.3 is 5.97 Å². The first-order chi connectivity index (χ1) is 8.41. The van der Waals surface area contributed by atoms with Gasteiger partial charge in [-0.15, -0.1) is 0 Å². The predicted molar refractivity (Wildman–Crippen MR) is 65.0 cm³/mol. The number of benzene rings is 1. The van der Waals surface area contributed by atoms with Crippen molar-refractivity contribution < 1.29 is 19.1 Å². The third kappa shape index (κ3) is 2.74. The Morgan fingerprint density at radius 1 is 1.17 bits per heavy atom. The molecule has 96 valence electrons. The van der Waals surface area contributed by atoms with E-state index in [0.717, 1.165) is 7.11 Å². The van der Waals surface area contributed by atoms with Gasteiger partial charge in [-0.25, -0.2) is 4.79 Å². The van der Waals surface area contributed by atoms with Crippen molar-refractivity contribution in [2.45, 2.75) is 19.4 Å². The molecule has 0 bridgehead atoms. The van der Waals surface area contributed by atoms with Gasteiger partial charge in [0.05, 0.1) is 7.11 Å². The van der Waals surface area contributed by atoms with Crippen molar-refractivity contribution in [2.24, 2.45) is 0 Å². The lowest BCUT2D eigenvalue weighted by Gasteiger charge is -2.24. The van der Waals surface area contributed by atoms with Crippen LogP contribution in [0.25, 0.3) is 0 Å². The van der Waals surface area contributed by atoms with Crippen molar-refractivity contribution in [3.05, 3.63) is 35.9 Å². The number of esters is 1. The molecule has 1 atom stereocenters. The van der Waals surface area contributed by atoms with Gasteiger partial charge in [-0.2, -0.15) is 0 Å². The number of hydrogen-bond donors (Lipinski definition) is 1. The molecular formula is C13H15NO4. The van der Waals surface area contributed by atoms with E-state index in [-0.39, 0.29) is 0 Å². The Morgan fingerprint density at radius 3 is 2.17 bits per heavy atom. The Morgan fingerprint density at radius 2 is 1.72 bits per heavy atom. The molecule has 0 saturated carbocycles. The Balaban J connectivity index is 2.96. The number of carbonyl (C=O) groups excluding carboxylic acids is 3. The van der Waals surface area contributed by atoms with Crippen molar-refractivity contribution in [1.29, 1.82) is 0 Å². The molecule has 0 saturated heterocycles. The number of ether oxygens (including phenoxy) is 1. The normalized spacial score (nSPS) is 13.3. The van der Waals surface area contributed by atoms with E-state index in [1.54, 1.807) is 30.3 Å². The van der Waals surface area contributed by atoms with E-state index >= 15 is 0 Å². The molecule has 1 aromatic carbocycles. The summed E-state index contributed by atoms with van der Waals surface area (Å²) in [6.45, 7) is 2.55. The molecule has 0 aliphatic carbocycles. The average Bonchev–Trinajstić information content (AvgIpc) is 2.38. The van der Waals surface area contributed by atoms with Gasteiger partial charge in [0.1, 0.15) is 0 Å². The third-order valence-electron chi connectivity index (χ3n) is 2.70. The van der Waals surface area contributed by atoms with E-state index < -0.39 is 23.2 Å². The summed E-state index contributed by atoms with van der Waals surface area (Å²) in [5.41, 5.74) is -1.30. The Labute approximate surface area is 105 Å². The molecule has 0 heterocycles. The minimum Gasteiger partial charge on any atom is -0.467 e. The topological polar surface area (TPSA) is 72.5 Å². The average molecular weight is 249 g/mol. The van der Waals surface area contributed by atoms with E-state index in [0.29, 0.717) is 5.56 Å². The number of nitrogens with one attached hydrogen (secondary N) is 1. The van der Waals surface area contributed by atoms with E-state index in [1.165, 1.54) is 13.8 Å². The van der Waals surface area contributed by atoms with Crippen LogP contribution in [-0.2, 0) is 14.3 Å². The second-order valence-corrected chi connectivity index (χ2v) is 3.99. The second kappa shape index (κ2) is 5.44. The monoisotopic (exact) mass is 249 g/mol. The molecule has 0 radical (unpaired) electrons. The standard InChI is InChI=1S/C13H15NO4/c1-9(15)13(2,12(17)18-3)14-11(16)10-7-5-4-6-8-10/h4-8H,1-3H3,(H,14,16). The first kappa shape index (κ1) is 13.9. The zero-order valence-corrected chi connectivity index (χ0v) is 10.5. The van der Waals surface area contributed by atoms with Gasteiger partial charge in [0.2, 0.25) is 0 Å². The quantitative estimate of drug-likeness (QED) is 0.636. The lowest BCUT2D eigenvalue weighted by Crippen LogP contribution is -2.57. The molecule has 1 amide bonds. The van der Waals surface area contributed by atoms with Gasteiger partial charge in [0.25, 0.3) is 5.91 Å². The summed E-state index contributed by atoms with van der Waals surface area (Å²) in [6, 6.07) is 8.33. The van der Waals surface area contributed by atoms with Gasteiger partial charge in [-0.05, 0) is 26.0 Å². The number of rotatable bonds is 4. The highest BCUT2D eigenvalue weighted by atomic mass is 16.5. The number of ketones is 1. The smallest absolute Gasteiger partial charge is 0.339 e. The number of carbonyl (C=O) groups is 3. The lowest BCUT2D eigenvalue weighted by atomic mass is 9.97. The highest BCUT2D eigenvalue weighted by Gasteiger charge is 2.41. The molecule has 1 N–H and O–H groups in total. The number of hydrogen-bond acceptors (Lipinski definition) is 4. The summed E-state index contributed by atoms with van der Waals surface area (Å²) in [6.07, 6.45) is 0. The van der Waals surface area contributed by atoms with Crippen LogP contribution in [0.3, 0.4) is 0 Å². The highest BCUT2D eigenvalue weighted by molar-refractivity contribution is 6.11. The van der Waals surface area contributed by atoms with Crippen molar-refractivity contribution in [1.82, 2.24) is 5.32 Å². The zero-order valence-electron chi connectivity index (χ0n) is 10.5. The van der Waals surface area contributed by atoms with Crippen LogP contribution in [0.5, 0.6) is 0 Å². The van der Waals surface area contributed by atoms with Crippen LogP contribution in [0.1, 0.15) is 24.2 Å². The summed E-state index contributed by atoms with van der Waals surface area (Å²) in [5.74, 6) is -1.78. The van der Waals surface area contributed by atoms with Crippen molar-refractivity contribution in [3.8, 4) is 0 Å². The van der Waals surface area contributed by atoms with Crippen LogP contribution in [0.15, 0.2) is 30.3 Å². The van der Waals surface area contributed by atoms with Gasteiger partial charge in [0, 0.05) is 5.56 Å². The molecule has 1 rings (SSSR count). The Kier molecular flexibility index (Phi) is 4.20. The maximum absolute atomic E-state index is 11.9. The van der Waals surface area contributed by atoms with Crippen molar-refractivity contribution in [2.75, 3.05) is 7.11 Å². The predicted octanol–water partition coefficient (Wildman–Crippen LogP) is 0.937. The minimum absolute atomic E-state index is 0.369. The number of amides is 1. The summed E-state index contributed by atoms with van der Waals surface area (Å²) in [4.78, 5) is 35.0. The van der Waals surface area contributed by atoms with Gasteiger partial charge in [0.15, 0.2) is 11.3 Å². The highest BCUT2D eigenvalue weighted by Crippen LogP contribution is 2.10. The molecule has 0 spiro atoms. The van der Waals surface area contributed by atoms with E-state index in [9.17, 15) is 14.4 Å². The largest absolute Gasteiger partial charge is 0.467 e. The molecule has 0 fully saturated rings. The molecule has 0 aliphatic heterocycles. The molecule has 1 unspecified atom stereocenters. The third-order valence-corrected chi connectivity index (χ3v) is 2.70. The lowest BCUT2D eigenvalue weighted by molar-refractivity contribution is -0.151. The van der Waals surface area contributed by atoms with Gasteiger partial charge < -0.3 is 10.1 Å². The minimum atomic E-state index is -1.67. The fourth-order valence-corrected chi connectivity index (χ4v) is 1.38. The molecule has 5 heteroatoms. The number of methoxy groups -OCH3 is 1. The van der Waals surface area contributed by atoms with Gasteiger partial charge in [-0.1, -0.05) is 18.2 Å². The number of Topliss-reactive ketones (excluding diaryl/α,β-unsaturated/α-hetero) is 1. The summed E-state index contributed by atoms with van der Waals surface area (Å²) in [5, 5.41) is 2.40. The Hall–Kier alpha value is -2.17. The van der Waals surface area contributed by atoms with Crippen LogP contribution >= 0.6 is 0 Å². The molecule has 1 aromatic rings. The van der Waals surface area contributed by atoms with Gasteiger partial charge in [-0.3, -0.25) is 9.59 Å². The van der Waals surface area contributed by atoms with E-state index in [4.69, 9.17) is 0 Å². The molecule has 0 aliphatic rings. The van der Waals surface area contributed by atoms with Crippen LogP contribution in [0.2, 0.25) is 0 Å². The van der Waals surface area contributed by atoms with Crippen LogP contribution < -0.4 is 5.32 Å². The van der Waals surface area contributed by atoms with Crippen molar-refractivity contribution in [3.63, 3.8) is 0 Å². The molecule has 18 heavy (non-hydrogen) atoms. The van der Waals surface area contributed by atoms with Crippen molar-refractivity contribution >= 4 is 17.7 Å². The fraction of sp³-hybridized carbons (Fsp3) is 0.308. The summed E-state index contributed by atoms with van der Waals surface area (Å²) in [7, 11) is 1.16. The first-order valence-electron chi connectivity index (χ1n) is 5.39. The molecule has 0 aromatic heterocycles. The maximum Gasteiger partial charge on any atom is 0.339 e. The van der Waals surface area contributed by atoms with Crippen LogP contribution in [-0.4, -0.2) is 30.3 Å². The van der Waals surface area contributed by atoms with E-state index in [1.807, 2.05) is 0 Å². The molecule has 5 nitrogen and oxygen atoms in total. The Bertz CT molecular complexity index is 469. The SMILES string of the molecule is COC(=O)C(C)(NC(=O)c1ccccc1)C(C)=O.